The molecule has 0 saturated carbocycles. The van der Waals surface area contributed by atoms with E-state index in [1.54, 1.807) is 11.8 Å². The Kier molecular flexibility index (Phi) is 5.60. The van der Waals surface area contributed by atoms with Crippen LogP contribution in [-0.4, -0.2) is 41.1 Å². The number of aromatic nitrogens is 3. The van der Waals surface area contributed by atoms with Gasteiger partial charge in [-0.1, -0.05) is 42.1 Å². The summed E-state index contributed by atoms with van der Waals surface area (Å²) in [5.41, 5.74) is 4.02. The number of morpholine rings is 1. The molecule has 1 aliphatic rings. The van der Waals surface area contributed by atoms with Crippen LogP contribution in [0.1, 0.15) is 16.7 Å². The number of benzene rings is 2. The summed E-state index contributed by atoms with van der Waals surface area (Å²) in [4.78, 5) is 2.23. The second-order valence-corrected chi connectivity index (χ2v) is 7.55. The average molecular weight is 392 g/mol. The number of hydrogen-bond acceptors (Lipinski definition) is 6. The standard InChI is InChI=1S/C21H21N5OS/c1-16-5-2-3-8-19(16)26-20(25-9-11-27-12-10-25)23-24-21(26)28-15-18-7-4-6-17(13-18)14-22/h2-8,13H,9-12,15H2,1H3. The molecule has 0 radical (unpaired) electrons. The van der Waals surface area contributed by atoms with Crippen LogP contribution in [-0.2, 0) is 10.5 Å². The first-order chi connectivity index (χ1) is 13.8. The van der Waals surface area contributed by atoms with Crippen LogP contribution in [0.4, 0.5) is 5.95 Å². The van der Waals surface area contributed by atoms with E-state index in [-0.39, 0.29) is 0 Å². The highest BCUT2D eigenvalue weighted by atomic mass is 32.2. The summed E-state index contributed by atoms with van der Waals surface area (Å²) in [7, 11) is 0. The van der Waals surface area contributed by atoms with E-state index in [2.05, 4.69) is 44.8 Å². The Morgan fingerprint density at radius 2 is 1.93 bits per heavy atom. The molecule has 28 heavy (non-hydrogen) atoms. The third-order valence-electron chi connectivity index (χ3n) is 4.69. The van der Waals surface area contributed by atoms with Crippen molar-refractivity contribution in [1.29, 1.82) is 5.26 Å². The summed E-state index contributed by atoms with van der Waals surface area (Å²) in [5, 5.41) is 19.0. The third kappa shape index (κ3) is 3.88. The SMILES string of the molecule is Cc1ccccc1-n1c(SCc2cccc(C#N)c2)nnc1N1CCOCC1. The Hall–Kier alpha value is -2.82. The van der Waals surface area contributed by atoms with Crippen LogP contribution < -0.4 is 4.90 Å². The van der Waals surface area contributed by atoms with E-state index in [1.165, 1.54) is 5.56 Å². The molecule has 142 valence electrons. The van der Waals surface area contributed by atoms with Gasteiger partial charge in [0.15, 0.2) is 5.16 Å². The van der Waals surface area contributed by atoms with Gasteiger partial charge in [0.05, 0.1) is 30.5 Å². The van der Waals surface area contributed by atoms with Gasteiger partial charge in [0.1, 0.15) is 0 Å². The zero-order chi connectivity index (χ0) is 19.3. The minimum atomic E-state index is 0.674. The van der Waals surface area contributed by atoms with Crippen LogP contribution in [0.15, 0.2) is 53.7 Å². The molecule has 1 aromatic heterocycles. The van der Waals surface area contributed by atoms with Gasteiger partial charge in [-0.15, -0.1) is 10.2 Å². The third-order valence-corrected chi connectivity index (χ3v) is 5.69. The monoisotopic (exact) mass is 391 g/mol. The molecule has 3 aromatic rings. The Morgan fingerprint density at radius 1 is 1.11 bits per heavy atom. The molecular formula is C21H21N5OS. The van der Waals surface area contributed by atoms with Crippen molar-refractivity contribution in [2.24, 2.45) is 0 Å². The molecular weight excluding hydrogens is 370 g/mol. The average Bonchev–Trinajstić information content (AvgIpc) is 3.17. The fourth-order valence-corrected chi connectivity index (χ4v) is 4.11. The normalized spacial score (nSPS) is 14.1. The quantitative estimate of drug-likeness (QED) is 0.620. The molecule has 0 aliphatic carbocycles. The summed E-state index contributed by atoms with van der Waals surface area (Å²) in [6.07, 6.45) is 0. The van der Waals surface area contributed by atoms with Crippen molar-refractivity contribution in [2.45, 2.75) is 17.8 Å². The highest BCUT2D eigenvalue weighted by Crippen LogP contribution is 2.30. The zero-order valence-electron chi connectivity index (χ0n) is 15.7. The van der Waals surface area contributed by atoms with Crippen LogP contribution in [0, 0.1) is 18.3 Å². The molecule has 6 nitrogen and oxygen atoms in total. The molecule has 4 rings (SSSR count). The number of rotatable bonds is 5. The second-order valence-electron chi connectivity index (χ2n) is 6.60. The van der Waals surface area contributed by atoms with Gasteiger partial charge < -0.3 is 9.64 Å². The Labute approximate surface area is 168 Å². The van der Waals surface area contributed by atoms with E-state index in [9.17, 15) is 0 Å². The van der Waals surface area contributed by atoms with Gasteiger partial charge in [-0.25, -0.2) is 0 Å². The number of ether oxygens (including phenoxy) is 1. The molecule has 0 atom stereocenters. The highest BCUT2D eigenvalue weighted by molar-refractivity contribution is 7.98. The summed E-state index contributed by atoms with van der Waals surface area (Å²) >= 11 is 1.63. The van der Waals surface area contributed by atoms with E-state index in [0.29, 0.717) is 18.8 Å². The topological polar surface area (TPSA) is 67.0 Å². The predicted molar refractivity (Wildman–Crippen MR) is 110 cm³/mol. The van der Waals surface area contributed by atoms with Gasteiger partial charge in [0, 0.05) is 18.8 Å². The maximum absolute atomic E-state index is 9.12. The first-order valence-electron chi connectivity index (χ1n) is 9.22. The van der Waals surface area contributed by atoms with Gasteiger partial charge in [-0.3, -0.25) is 4.57 Å². The van der Waals surface area contributed by atoms with E-state index < -0.39 is 0 Å². The fourth-order valence-electron chi connectivity index (χ4n) is 3.23. The lowest BCUT2D eigenvalue weighted by Crippen LogP contribution is -2.38. The van der Waals surface area contributed by atoms with Crippen molar-refractivity contribution in [3.8, 4) is 11.8 Å². The number of anilines is 1. The fraction of sp³-hybridized carbons (Fsp3) is 0.286. The molecule has 0 amide bonds. The molecule has 2 aromatic carbocycles. The smallest absolute Gasteiger partial charge is 0.232 e. The van der Waals surface area contributed by atoms with Crippen LogP contribution in [0.25, 0.3) is 5.69 Å². The molecule has 1 aliphatic heterocycles. The lowest BCUT2D eigenvalue weighted by molar-refractivity contribution is 0.122. The van der Waals surface area contributed by atoms with Gasteiger partial charge in [0.25, 0.3) is 0 Å². The van der Waals surface area contributed by atoms with Crippen molar-refractivity contribution in [3.63, 3.8) is 0 Å². The van der Waals surface area contributed by atoms with E-state index in [4.69, 9.17) is 10.00 Å². The minimum absolute atomic E-state index is 0.674. The minimum Gasteiger partial charge on any atom is -0.378 e. The molecule has 0 N–H and O–H groups in total. The zero-order valence-corrected chi connectivity index (χ0v) is 16.5. The second kappa shape index (κ2) is 8.46. The molecule has 2 heterocycles. The Balaban J connectivity index is 1.67. The summed E-state index contributed by atoms with van der Waals surface area (Å²) in [6.45, 7) is 5.11. The summed E-state index contributed by atoms with van der Waals surface area (Å²) in [5.74, 6) is 1.58. The number of aryl methyl sites for hydroxylation is 1. The van der Waals surface area contributed by atoms with Crippen LogP contribution in [0.5, 0.6) is 0 Å². The maximum atomic E-state index is 9.12. The predicted octanol–water partition coefficient (Wildman–Crippen LogP) is 3.58. The number of nitriles is 1. The van der Waals surface area contributed by atoms with Crippen molar-refractivity contribution in [3.05, 3.63) is 65.2 Å². The molecule has 0 unspecified atom stereocenters. The number of thioether (sulfide) groups is 1. The van der Waals surface area contributed by atoms with Crippen LogP contribution in [0.2, 0.25) is 0 Å². The first kappa shape index (κ1) is 18.5. The maximum Gasteiger partial charge on any atom is 0.232 e. The van der Waals surface area contributed by atoms with Crippen molar-refractivity contribution < 1.29 is 4.74 Å². The van der Waals surface area contributed by atoms with Crippen LogP contribution in [0.3, 0.4) is 0 Å². The largest absolute Gasteiger partial charge is 0.378 e. The lowest BCUT2D eigenvalue weighted by Gasteiger charge is -2.28. The summed E-state index contributed by atoms with van der Waals surface area (Å²) in [6, 6.07) is 18.2. The van der Waals surface area contributed by atoms with Gasteiger partial charge >= 0.3 is 0 Å². The Bertz CT molecular complexity index is 1000. The van der Waals surface area contributed by atoms with Crippen LogP contribution >= 0.6 is 11.8 Å². The van der Waals surface area contributed by atoms with E-state index in [1.807, 2.05) is 36.4 Å². The number of nitrogens with zero attached hydrogens (tertiary/aromatic N) is 5. The van der Waals surface area contributed by atoms with Gasteiger partial charge in [-0.2, -0.15) is 5.26 Å². The lowest BCUT2D eigenvalue weighted by atomic mass is 10.2. The number of hydrogen-bond donors (Lipinski definition) is 0. The molecule has 0 spiro atoms. The van der Waals surface area contributed by atoms with Crippen molar-refractivity contribution in [2.75, 3.05) is 31.2 Å². The highest BCUT2D eigenvalue weighted by Gasteiger charge is 2.22. The number of para-hydroxylation sites is 1. The van der Waals surface area contributed by atoms with E-state index in [0.717, 1.165) is 41.2 Å². The Morgan fingerprint density at radius 3 is 2.71 bits per heavy atom. The van der Waals surface area contributed by atoms with Gasteiger partial charge in [0.2, 0.25) is 5.95 Å². The van der Waals surface area contributed by atoms with E-state index >= 15 is 0 Å². The molecule has 1 fully saturated rings. The van der Waals surface area contributed by atoms with Crippen molar-refractivity contribution >= 4 is 17.7 Å². The molecule has 7 heteroatoms. The van der Waals surface area contributed by atoms with Crippen molar-refractivity contribution in [1.82, 2.24) is 14.8 Å². The summed E-state index contributed by atoms with van der Waals surface area (Å²) < 4.78 is 7.63. The first-order valence-corrected chi connectivity index (χ1v) is 10.2. The molecule has 1 saturated heterocycles. The molecule has 0 bridgehead atoms. The van der Waals surface area contributed by atoms with Gasteiger partial charge in [-0.05, 0) is 36.2 Å².